The van der Waals surface area contributed by atoms with Crippen molar-refractivity contribution in [3.8, 4) is 0 Å². The summed E-state index contributed by atoms with van der Waals surface area (Å²) >= 11 is 1.98. The van der Waals surface area contributed by atoms with Crippen molar-refractivity contribution in [3.05, 3.63) is 158 Å². The molecule has 0 bridgehead atoms. The van der Waals surface area contributed by atoms with Crippen LogP contribution in [0.5, 0.6) is 0 Å². The third-order valence-corrected chi connectivity index (χ3v) is 13.6. The monoisotopic (exact) mass is 552 g/mol. The normalized spacial score (nSPS) is 11.5. The van der Waals surface area contributed by atoms with E-state index >= 15 is 0 Å². The number of thiophene rings is 1. The van der Waals surface area contributed by atoms with E-state index in [2.05, 4.69) is 158 Å². The van der Waals surface area contributed by atoms with E-state index < -0.39 is 15.8 Å². The van der Waals surface area contributed by atoms with E-state index in [1.807, 2.05) is 11.3 Å². The van der Waals surface area contributed by atoms with Crippen LogP contribution in [0.1, 0.15) is 0 Å². The van der Waals surface area contributed by atoms with Crippen LogP contribution >= 0.6 is 27.2 Å². The van der Waals surface area contributed by atoms with Crippen LogP contribution in [0.2, 0.25) is 0 Å². The van der Waals surface area contributed by atoms with Crippen molar-refractivity contribution in [1.82, 2.24) is 0 Å². The molecule has 1 aromatic heterocycles. The molecular formula is C36H26P2S. The van der Waals surface area contributed by atoms with E-state index in [9.17, 15) is 0 Å². The molecule has 0 aliphatic carbocycles. The highest BCUT2D eigenvalue weighted by Gasteiger charge is 2.24. The lowest BCUT2D eigenvalue weighted by Gasteiger charge is -2.20. The summed E-state index contributed by atoms with van der Waals surface area (Å²) in [7, 11) is -1.36. The van der Waals surface area contributed by atoms with Crippen LogP contribution in [-0.2, 0) is 0 Å². The van der Waals surface area contributed by atoms with Gasteiger partial charge in [0.1, 0.15) is 0 Å². The van der Waals surface area contributed by atoms with Gasteiger partial charge in [-0.05, 0) is 37.1 Å². The Morgan fingerprint density at radius 3 is 0.923 bits per heavy atom. The molecule has 6 aromatic carbocycles. The third kappa shape index (κ3) is 4.62. The minimum atomic E-state index is -0.680. The van der Waals surface area contributed by atoms with Gasteiger partial charge < -0.3 is 0 Å². The average molecular weight is 553 g/mol. The van der Waals surface area contributed by atoms with Crippen molar-refractivity contribution >= 4 is 79.2 Å². The van der Waals surface area contributed by atoms with Crippen molar-refractivity contribution in [1.29, 1.82) is 0 Å². The van der Waals surface area contributed by atoms with Crippen LogP contribution in [0.3, 0.4) is 0 Å². The topological polar surface area (TPSA) is 0 Å². The molecule has 0 fully saturated rings. The molecule has 186 valence electrons. The number of benzene rings is 6. The van der Waals surface area contributed by atoms with Crippen LogP contribution in [0, 0.1) is 0 Å². The molecule has 1 heterocycles. The maximum absolute atomic E-state index is 2.36. The molecule has 0 N–H and O–H groups in total. The zero-order chi connectivity index (χ0) is 26.0. The van der Waals surface area contributed by atoms with Crippen LogP contribution in [0.4, 0.5) is 0 Å². The molecule has 0 saturated heterocycles. The van der Waals surface area contributed by atoms with Crippen molar-refractivity contribution in [3.63, 3.8) is 0 Å². The zero-order valence-electron chi connectivity index (χ0n) is 21.3. The molecule has 0 saturated carbocycles. The number of hydrogen-bond acceptors (Lipinski definition) is 1. The van der Waals surface area contributed by atoms with E-state index in [1.165, 1.54) is 52.0 Å². The van der Waals surface area contributed by atoms with Crippen molar-refractivity contribution in [2.45, 2.75) is 0 Å². The minimum Gasteiger partial charge on any atom is -0.134 e. The van der Waals surface area contributed by atoms with Gasteiger partial charge in [-0.3, -0.25) is 0 Å². The number of fused-ring (bicyclic) bond motifs is 3. The Morgan fingerprint density at radius 1 is 0.308 bits per heavy atom. The van der Waals surface area contributed by atoms with E-state index in [1.54, 1.807) is 0 Å². The Labute approximate surface area is 236 Å². The van der Waals surface area contributed by atoms with E-state index in [-0.39, 0.29) is 0 Å². The Kier molecular flexibility index (Phi) is 6.82. The molecule has 7 aromatic rings. The van der Waals surface area contributed by atoms with Gasteiger partial charge in [0, 0.05) is 30.8 Å². The summed E-state index contributed by atoms with van der Waals surface area (Å²) in [6.07, 6.45) is 0. The van der Waals surface area contributed by atoms with Gasteiger partial charge in [0.15, 0.2) is 0 Å². The number of rotatable bonds is 6. The predicted octanol–water partition coefficient (Wildman–Crippen LogP) is 7.57. The lowest BCUT2D eigenvalue weighted by Crippen LogP contribution is -2.20. The van der Waals surface area contributed by atoms with E-state index in [0.717, 1.165) is 0 Å². The summed E-state index contributed by atoms with van der Waals surface area (Å²) in [5.41, 5.74) is 0. The fraction of sp³-hybridized carbons (Fsp3) is 0. The first kappa shape index (κ1) is 24.4. The zero-order valence-corrected chi connectivity index (χ0v) is 23.9. The summed E-state index contributed by atoms with van der Waals surface area (Å²) in [4.78, 5) is 0. The molecule has 0 aliphatic rings. The standard InChI is InChI=1S/C36H26P2S/c1-5-15-27(16-6-1)37(28-17-7-2-8-18-28)33-25-13-23-31-32-24-14-26-34(36(32)39-35(31)33)38(29-19-9-3-10-20-29)30-21-11-4-12-22-30/h1-26H. The fourth-order valence-corrected chi connectivity index (χ4v) is 12.0. The van der Waals surface area contributed by atoms with E-state index in [0.29, 0.717) is 0 Å². The van der Waals surface area contributed by atoms with Crippen molar-refractivity contribution in [2.75, 3.05) is 0 Å². The van der Waals surface area contributed by atoms with Crippen LogP contribution in [0.25, 0.3) is 20.2 Å². The van der Waals surface area contributed by atoms with Gasteiger partial charge in [-0.2, -0.15) is 0 Å². The van der Waals surface area contributed by atoms with Gasteiger partial charge >= 0.3 is 0 Å². The Balaban J connectivity index is 1.49. The highest BCUT2D eigenvalue weighted by molar-refractivity contribution is 7.81. The van der Waals surface area contributed by atoms with Crippen LogP contribution in [0.15, 0.2) is 158 Å². The van der Waals surface area contributed by atoms with Gasteiger partial charge in [0.2, 0.25) is 0 Å². The molecule has 0 amide bonds. The first-order valence-electron chi connectivity index (χ1n) is 13.1. The minimum absolute atomic E-state index is 0.680. The molecule has 0 spiro atoms. The fourth-order valence-electron chi connectivity index (χ4n) is 5.31. The predicted molar refractivity (Wildman–Crippen MR) is 177 cm³/mol. The Hall–Kier alpha value is -3.60. The third-order valence-electron chi connectivity index (χ3n) is 7.02. The van der Waals surface area contributed by atoms with Crippen molar-refractivity contribution < 1.29 is 0 Å². The lowest BCUT2D eigenvalue weighted by molar-refractivity contribution is 1.75. The summed E-state index contributed by atoms with van der Waals surface area (Å²) < 4.78 is 2.82. The Bertz CT molecular complexity index is 1630. The molecule has 0 unspecified atom stereocenters. The number of hydrogen-bond donors (Lipinski definition) is 0. The maximum atomic E-state index is 2.36. The maximum Gasteiger partial charge on any atom is 0.0439 e. The molecule has 0 nitrogen and oxygen atoms in total. The molecule has 39 heavy (non-hydrogen) atoms. The quantitative estimate of drug-likeness (QED) is 0.187. The highest BCUT2D eigenvalue weighted by Crippen LogP contribution is 2.44. The molecule has 7 rings (SSSR count). The Morgan fingerprint density at radius 2 is 0.615 bits per heavy atom. The second-order valence-corrected chi connectivity index (χ2v) is 14.8. The summed E-state index contributed by atoms with van der Waals surface area (Å²) in [5.74, 6) is 0. The SMILES string of the molecule is c1ccc(P(c2ccccc2)c2cccc3c2sc2c(P(c4ccccc4)c4ccccc4)cccc23)cc1. The van der Waals surface area contributed by atoms with Crippen molar-refractivity contribution in [2.24, 2.45) is 0 Å². The average Bonchev–Trinajstić information content (AvgIpc) is 3.40. The molecule has 0 atom stereocenters. The van der Waals surface area contributed by atoms with Gasteiger partial charge in [-0.1, -0.05) is 158 Å². The van der Waals surface area contributed by atoms with Crippen LogP contribution in [-0.4, -0.2) is 0 Å². The second kappa shape index (κ2) is 10.9. The highest BCUT2D eigenvalue weighted by atomic mass is 32.1. The smallest absolute Gasteiger partial charge is 0.0439 e. The molecule has 0 aliphatic heterocycles. The first-order valence-corrected chi connectivity index (χ1v) is 16.6. The van der Waals surface area contributed by atoms with Gasteiger partial charge in [-0.25, -0.2) is 0 Å². The molecule has 3 heteroatoms. The summed E-state index contributed by atoms with van der Waals surface area (Å²) in [6, 6.07) is 58.0. The van der Waals surface area contributed by atoms with Gasteiger partial charge in [0.25, 0.3) is 0 Å². The molecular weight excluding hydrogens is 526 g/mol. The summed E-state index contributed by atoms with van der Waals surface area (Å²) in [6.45, 7) is 0. The summed E-state index contributed by atoms with van der Waals surface area (Å²) in [5, 5.41) is 11.2. The van der Waals surface area contributed by atoms with E-state index in [4.69, 9.17) is 0 Å². The van der Waals surface area contributed by atoms with Gasteiger partial charge in [0.05, 0.1) is 0 Å². The second-order valence-electron chi connectivity index (χ2n) is 9.42. The van der Waals surface area contributed by atoms with Crippen LogP contribution < -0.4 is 31.8 Å². The largest absolute Gasteiger partial charge is 0.134 e. The lowest BCUT2D eigenvalue weighted by atomic mass is 10.1. The van der Waals surface area contributed by atoms with Gasteiger partial charge in [-0.15, -0.1) is 11.3 Å². The first-order chi connectivity index (χ1) is 19.4. The molecule has 0 radical (unpaired) electrons.